The van der Waals surface area contributed by atoms with Gasteiger partial charge in [-0.25, -0.2) is 4.98 Å². The van der Waals surface area contributed by atoms with Crippen LogP contribution in [0.15, 0.2) is 59.8 Å². The second-order valence-electron chi connectivity index (χ2n) is 6.93. The highest BCUT2D eigenvalue weighted by Gasteiger charge is 2.23. The SMILES string of the molecule is COc1ccc([C@@H](NC(=O)c2ccc3c(c2)NC(=O)CCS3)c2nccn2C)cc1. The molecule has 0 unspecified atom stereocenters. The van der Waals surface area contributed by atoms with Crippen LogP contribution in [0.25, 0.3) is 0 Å². The second kappa shape index (κ2) is 8.62. The van der Waals surface area contributed by atoms with Crippen molar-refractivity contribution < 1.29 is 14.3 Å². The van der Waals surface area contributed by atoms with Crippen molar-refractivity contribution in [3.05, 3.63) is 71.8 Å². The molecule has 7 nitrogen and oxygen atoms in total. The van der Waals surface area contributed by atoms with Gasteiger partial charge in [-0.2, -0.15) is 0 Å². The number of aryl methyl sites for hydroxylation is 1. The Bertz CT molecular complexity index is 1080. The molecule has 0 saturated carbocycles. The van der Waals surface area contributed by atoms with E-state index < -0.39 is 6.04 Å². The molecule has 0 spiro atoms. The van der Waals surface area contributed by atoms with Gasteiger partial charge in [-0.3, -0.25) is 9.59 Å². The van der Waals surface area contributed by atoms with Crippen LogP contribution < -0.4 is 15.4 Å². The van der Waals surface area contributed by atoms with Crippen molar-refractivity contribution in [2.75, 3.05) is 18.2 Å². The van der Waals surface area contributed by atoms with Crippen molar-refractivity contribution in [3.63, 3.8) is 0 Å². The van der Waals surface area contributed by atoms with Crippen LogP contribution >= 0.6 is 11.8 Å². The number of methoxy groups -OCH3 is 1. The van der Waals surface area contributed by atoms with Crippen molar-refractivity contribution in [1.29, 1.82) is 0 Å². The van der Waals surface area contributed by atoms with Gasteiger partial charge in [-0.05, 0) is 35.9 Å². The molecule has 0 fully saturated rings. The van der Waals surface area contributed by atoms with Crippen LogP contribution in [0.5, 0.6) is 5.75 Å². The zero-order chi connectivity index (χ0) is 21.1. The van der Waals surface area contributed by atoms with Gasteiger partial charge in [0, 0.05) is 42.1 Å². The average molecular weight is 423 g/mol. The zero-order valence-corrected chi connectivity index (χ0v) is 17.5. The summed E-state index contributed by atoms with van der Waals surface area (Å²) in [4.78, 5) is 30.4. The number of rotatable bonds is 5. The zero-order valence-electron chi connectivity index (χ0n) is 16.7. The van der Waals surface area contributed by atoms with Crippen LogP contribution in [0.2, 0.25) is 0 Å². The summed E-state index contributed by atoms with van der Waals surface area (Å²) in [5, 5.41) is 5.96. The van der Waals surface area contributed by atoms with Gasteiger partial charge < -0.3 is 19.9 Å². The molecule has 3 aromatic rings. The third-order valence-corrected chi connectivity index (χ3v) is 6.02. The molecule has 0 radical (unpaired) electrons. The highest BCUT2D eigenvalue weighted by Crippen LogP contribution is 2.32. The van der Waals surface area contributed by atoms with Gasteiger partial charge in [0.15, 0.2) is 0 Å². The molecule has 1 aromatic heterocycles. The number of carbonyl (C=O) groups is 2. The number of fused-ring (bicyclic) bond motifs is 1. The number of nitrogens with zero attached hydrogens (tertiary/aromatic N) is 2. The van der Waals surface area contributed by atoms with E-state index >= 15 is 0 Å². The smallest absolute Gasteiger partial charge is 0.252 e. The lowest BCUT2D eigenvalue weighted by Gasteiger charge is -2.20. The summed E-state index contributed by atoms with van der Waals surface area (Å²) in [5.74, 6) is 1.89. The minimum absolute atomic E-state index is 0.0390. The fraction of sp³-hybridized carbons (Fsp3) is 0.227. The van der Waals surface area contributed by atoms with Gasteiger partial charge in [-0.1, -0.05) is 12.1 Å². The van der Waals surface area contributed by atoms with Crippen molar-refractivity contribution in [2.24, 2.45) is 7.05 Å². The summed E-state index contributed by atoms with van der Waals surface area (Å²) in [6.07, 6.45) is 4.00. The first-order valence-electron chi connectivity index (χ1n) is 9.54. The molecule has 154 valence electrons. The number of anilines is 1. The number of ether oxygens (including phenoxy) is 1. The number of amides is 2. The Morgan fingerprint density at radius 2 is 2.07 bits per heavy atom. The van der Waals surface area contributed by atoms with Crippen LogP contribution in [-0.4, -0.2) is 34.2 Å². The first-order chi connectivity index (χ1) is 14.5. The maximum Gasteiger partial charge on any atom is 0.252 e. The molecule has 2 N–H and O–H groups in total. The van der Waals surface area contributed by atoms with Gasteiger partial charge in [0.2, 0.25) is 5.91 Å². The van der Waals surface area contributed by atoms with Crippen LogP contribution in [0.1, 0.15) is 34.2 Å². The molecule has 8 heteroatoms. The normalized spacial score (nSPS) is 14.3. The van der Waals surface area contributed by atoms with Crippen LogP contribution in [0.4, 0.5) is 5.69 Å². The number of aromatic nitrogens is 2. The molecule has 1 aliphatic rings. The molecule has 2 amide bonds. The molecule has 0 bridgehead atoms. The standard InChI is InChI=1S/C22H22N4O3S/c1-26-11-10-23-21(26)20(14-3-6-16(29-2)7-4-14)25-22(28)15-5-8-18-17(13-15)24-19(27)9-12-30-18/h3-8,10-11,13,20H,9,12H2,1-2H3,(H,24,27)(H,25,28)/t20-/m1/s1. The molecule has 2 aromatic carbocycles. The Hall–Kier alpha value is -3.26. The van der Waals surface area contributed by atoms with Crippen molar-refractivity contribution in [2.45, 2.75) is 17.4 Å². The number of carbonyl (C=O) groups excluding carboxylic acids is 2. The first kappa shape index (κ1) is 20.0. The Morgan fingerprint density at radius 1 is 1.27 bits per heavy atom. The van der Waals surface area contributed by atoms with Gasteiger partial charge in [-0.15, -0.1) is 11.8 Å². The summed E-state index contributed by atoms with van der Waals surface area (Å²) in [6, 6.07) is 12.5. The maximum absolute atomic E-state index is 13.1. The van der Waals surface area contributed by atoms with Gasteiger partial charge in [0.1, 0.15) is 17.6 Å². The Kier molecular flexibility index (Phi) is 5.76. The molecule has 0 saturated heterocycles. The van der Waals surface area contributed by atoms with E-state index in [0.29, 0.717) is 23.5 Å². The van der Waals surface area contributed by atoms with E-state index in [-0.39, 0.29) is 11.8 Å². The van der Waals surface area contributed by atoms with E-state index in [2.05, 4.69) is 15.6 Å². The molecular formula is C22H22N4O3S. The number of thioether (sulfide) groups is 1. The maximum atomic E-state index is 13.1. The Morgan fingerprint density at radius 3 is 2.77 bits per heavy atom. The monoisotopic (exact) mass is 422 g/mol. The lowest BCUT2D eigenvalue weighted by atomic mass is 10.0. The van der Waals surface area contributed by atoms with E-state index in [0.717, 1.165) is 22.0 Å². The van der Waals surface area contributed by atoms with Gasteiger partial charge >= 0.3 is 0 Å². The van der Waals surface area contributed by atoms with E-state index in [4.69, 9.17) is 4.74 Å². The third-order valence-electron chi connectivity index (χ3n) is 4.94. The highest BCUT2D eigenvalue weighted by atomic mass is 32.2. The van der Waals surface area contributed by atoms with E-state index in [9.17, 15) is 9.59 Å². The lowest BCUT2D eigenvalue weighted by molar-refractivity contribution is -0.115. The summed E-state index contributed by atoms with van der Waals surface area (Å²) in [6.45, 7) is 0. The predicted molar refractivity (Wildman–Crippen MR) is 116 cm³/mol. The largest absolute Gasteiger partial charge is 0.497 e. The fourth-order valence-electron chi connectivity index (χ4n) is 3.32. The number of benzene rings is 2. The molecule has 30 heavy (non-hydrogen) atoms. The molecule has 1 aliphatic heterocycles. The average Bonchev–Trinajstić information content (AvgIpc) is 3.08. The molecule has 2 heterocycles. The van der Waals surface area contributed by atoms with Crippen LogP contribution in [0.3, 0.4) is 0 Å². The van der Waals surface area contributed by atoms with Crippen molar-refractivity contribution in [3.8, 4) is 5.75 Å². The topological polar surface area (TPSA) is 85.2 Å². The lowest BCUT2D eigenvalue weighted by Crippen LogP contribution is -2.31. The second-order valence-corrected chi connectivity index (χ2v) is 8.07. The molecule has 1 atom stereocenters. The fourth-order valence-corrected chi connectivity index (χ4v) is 4.26. The van der Waals surface area contributed by atoms with Gasteiger partial charge in [0.05, 0.1) is 12.8 Å². The highest BCUT2D eigenvalue weighted by molar-refractivity contribution is 7.99. The molecular weight excluding hydrogens is 400 g/mol. The van der Waals surface area contributed by atoms with Crippen LogP contribution in [-0.2, 0) is 11.8 Å². The van der Waals surface area contributed by atoms with Gasteiger partial charge in [0.25, 0.3) is 5.91 Å². The molecule has 0 aliphatic carbocycles. The Labute approximate surface area is 178 Å². The number of hydrogen-bond acceptors (Lipinski definition) is 5. The van der Waals surface area contributed by atoms with E-state index in [1.165, 1.54) is 0 Å². The van der Waals surface area contributed by atoms with E-state index in [1.54, 1.807) is 37.2 Å². The minimum atomic E-state index is -0.439. The summed E-state index contributed by atoms with van der Waals surface area (Å²) < 4.78 is 7.12. The first-order valence-corrected chi connectivity index (χ1v) is 10.5. The van der Waals surface area contributed by atoms with Crippen molar-refractivity contribution >= 4 is 29.3 Å². The number of nitrogens with one attached hydrogen (secondary N) is 2. The quantitative estimate of drug-likeness (QED) is 0.658. The van der Waals surface area contributed by atoms with Crippen LogP contribution in [0, 0.1) is 0 Å². The van der Waals surface area contributed by atoms with Crippen molar-refractivity contribution in [1.82, 2.24) is 14.9 Å². The minimum Gasteiger partial charge on any atom is -0.497 e. The summed E-state index contributed by atoms with van der Waals surface area (Å²) >= 11 is 1.61. The number of hydrogen-bond donors (Lipinski definition) is 2. The van der Waals surface area contributed by atoms with E-state index in [1.807, 2.05) is 48.1 Å². The molecule has 4 rings (SSSR count). The predicted octanol–water partition coefficient (Wildman–Crippen LogP) is 3.38. The Balaban J connectivity index is 1.63. The summed E-state index contributed by atoms with van der Waals surface area (Å²) in [7, 11) is 3.50. The third kappa shape index (κ3) is 4.18. The number of imidazole rings is 1. The summed E-state index contributed by atoms with van der Waals surface area (Å²) in [5.41, 5.74) is 2.04.